The summed E-state index contributed by atoms with van der Waals surface area (Å²) in [4.78, 5) is 20.0. The number of hydrogen-bond donors (Lipinski definition) is 2. The van der Waals surface area contributed by atoms with Crippen LogP contribution in [0, 0.1) is 6.92 Å². The number of benzene rings is 2. The van der Waals surface area contributed by atoms with E-state index in [1.165, 1.54) is 17.3 Å². The number of hydrogen-bond acceptors (Lipinski definition) is 3. The molecule has 3 rings (SSSR count). The van der Waals surface area contributed by atoms with E-state index in [0.717, 1.165) is 17.8 Å². The number of aromatic amines is 1. The molecule has 0 spiro atoms. The van der Waals surface area contributed by atoms with Crippen LogP contribution in [0.4, 0.5) is 5.69 Å². The normalized spacial score (nSPS) is 10.7. The number of rotatable bonds is 6. The summed E-state index contributed by atoms with van der Waals surface area (Å²) in [5.74, 6) is 0.0166. The molecular formula is C19H17Cl2N3OS. The van der Waals surface area contributed by atoms with Crippen molar-refractivity contribution in [2.24, 2.45) is 0 Å². The largest absolute Gasteiger partial charge is 0.337 e. The van der Waals surface area contributed by atoms with Crippen molar-refractivity contribution in [2.75, 3.05) is 11.1 Å². The number of H-pyrrole nitrogens is 1. The Morgan fingerprint density at radius 2 is 1.81 bits per heavy atom. The lowest BCUT2D eigenvalue weighted by Gasteiger charge is -2.08. The molecule has 0 unspecified atom stereocenters. The highest BCUT2D eigenvalue weighted by Gasteiger charge is 2.12. The number of anilines is 1. The average Bonchev–Trinajstić information content (AvgIpc) is 2.97. The maximum Gasteiger partial charge on any atom is 0.234 e. The first-order valence-electron chi connectivity index (χ1n) is 7.99. The minimum Gasteiger partial charge on any atom is -0.337 e. The van der Waals surface area contributed by atoms with Crippen LogP contribution in [0.2, 0.25) is 10.0 Å². The molecule has 0 bridgehead atoms. The number of imidazole rings is 1. The van der Waals surface area contributed by atoms with Crippen molar-refractivity contribution in [3.8, 4) is 0 Å². The van der Waals surface area contributed by atoms with Crippen LogP contribution in [-0.2, 0) is 11.2 Å². The van der Waals surface area contributed by atoms with E-state index in [2.05, 4.69) is 27.4 Å². The predicted molar refractivity (Wildman–Crippen MR) is 108 cm³/mol. The zero-order valence-corrected chi connectivity index (χ0v) is 16.4. The van der Waals surface area contributed by atoms with Crippen LogP contribution in [0.15, 0.2) is 53.7 Å². The van der Waals surface area contributed by atoms with Crippen LogP contribution in [-0.4, -0.2) is 21.6 Å². The Kier molecular flexibility index (Phi) is 6.25. The first kappa shape index (κ1) is 18.8. The predicted octanol–water partition coefficient (Wildman–Crippen LogP) is 5.35. The SMILES string of the molecule is Cc1[nH]c(SCC(=O)Nc2c(Cl)cccc2Cl)nc1Cc1ccccc1. The molecule has 0 aliphatic carbocycles. The Hall–Kier alpha value is -1.95. The van der Waals surface area contributed by atoms with E-state index in [4.69, 9.17) is 23.2 Å². The van der Waals surface area contributed by atoms with Crippen molar-refractivity contribution in [1.82, 2.24) is 9.97 Å². The Bertz CT molecular complexity index is 892. The van der Waals surface area contributed by atoms with Crippen LogP contribution >= 0.6 is 35.0 Å². The van der Waals surface area contributed by atoms with Crippen LogP contribution in [0.5, 0.6) is 0 Å². The topological polar surface area (TPSA) is 57.8 Å². The van der Waals surface area contributed by atoms with Crippen LogP contribution in [0.3, 0.4) is 0 Å². The molecule has 0 radical (unpaired) electrons. The lowest BCUT2D eigenvalue weighted by atomic mass is 10.1. The number of amides is 1. The maximum absolute atomic E-state index is 12.2. The van der Waals surface area contributed by atoms with Crippen LogP contribution in [0.25, 0.3) is 0 Å². The van der Waals surface area contributed by atoms with E-state index < -0.39 is 0 Å². The number of halogens is 2. The molecule has 2 aromatic carbocycles. The molecule has 1 heterocycles. The molecule has 7 heteroatoms. The fourth-order valence-electron chi connectivity index (χ4n) is 2.42. The van der Waals surface area contributed by atoms with E-state index in [0.29, 0.717) is 20.9 Å². The van der Waals surface area contributed by atoms with Crippen molar-refractivity contribution >= 4 is 46.6 Å². The third-order valence-corrected chi connectivity index (χ3v) is 5.25. The number of aromatic nitrogens is 2. The van der Waals surface area contributed by atoms with Gasteiger partial charge in [-0.2, -0.15) is 0 Å². The molecule has 134 valence electrons. The van der Waals surface area contributed by atoms with Crippen molar-refractivity contribution in [3.63, 3.8) is 0 Å². The van der Waals surface area contributed by atoms with E-state index in [1.54, 1.807) is 18.2 Å². The van der Waals surface area contributed by atoms with Crippen LogP contribution in [0.1, 0.15) is 17.0 Å². The minimum absolute atomic E-state index is 0.191. The minimum atomic E-state index is -0.191. The highest BCUT2D eigenvalue weighted by Crippen LogP contribution is 2.30. The van der Waals surface area contributed by atoms with Crippen molar-refractivity contribution in [1.29, 1.82) is 0 Å². The van der Waals surface area contributed by atoms with Gasteiger partial charge >= 0.3 is 0 Å². The zero-order valence-electron chi connectivity index (χ0n) is 14.1. The van der Waals surface area contributed by atoms with Gasteiger partial charge in [-0.1, -0.05) is 71.4 Å². The molecule has 0 aliphatic heterocycles. The average molecular weight is 406 g/mol. The summed E-state index contributed by atoms with van der Waals surface area (Å²) >= 11 is 13.5. The summed E-state index contributed by atoms with van der Waals surface area (Å²) in [6.45, 7) is 1.99. The Labute approximate surface area is 166 Å². The second kappa shape index (κ2) is 8.62. The van der Waals surface area contributed by atoms with Gasteiger partial charge in [0.25, 0.3) is 0 Å². The molecular weight excluding hydrogens is 389 g/mol. The number of para-hydroxylation sites is 1. The quantitative estimate of drug-likeness (QED) is 0.543. The molecule has 1 aromatic heterocycles. The second-order valence-corrected chi connectivity index (χ2v) is 7.49. The maximum atomic E-state index is 12.2. The molecule has 4 nitrogen and oxygen atoms in total. The van der Waals surface area contributed by atoms with Gasteiger partial charge in [-0.05, 0) is 24.6 Å². The third-order valence-electron chi connectivity index (χ3n) is 3.75. The smallest absolute Gasteiger partial charge is 0.234 e. The molecule has 1 amide bonds. The summed E-state index contributed by atoms with van der Waals surface area (Å²) in [6.07, 6.45) is 0.755. The molecule has 0 aliphatic rings. The molecule has 3 aromatic rings. The summed E-state index contributed by atoms with van der Waals surface area (Å²) in [6, 6.07) is 15.3. The van der Waals surface area contributed by atoms with Gasteiger partial charge < -0.3 is 10.3 Å². The molecule has 2 N–H and O–H groups in total. The first-order valence-corrected chi connectivity index (χ1v) is 9.73. The summed E-state index contributed by atoms with van der Waals surface area (Å²) in [5, 5.41) is 4.28. The zero-order chi connectivity index (χ0) is 18.5. The number of carbonyl (C=O) groups excluding carboxylic acids is 1. The summed E-state index contributed by atoms with van der Waals surface area (Å²) in [5.41, 5.74) is 3.62. The highest BCUT2D eigenvalue weighted by atomic mass is 35.5. The molecule has 0 saturated carbocycles. The number of thioether (sulfide) groups is 1. The van der Waals surface area contributed by atoms with Gasteiger partial charge in [0.05, 0.1) is 27.2 Å². The number of carbonyl (C=O) groups is 1. The van der Waals surface area contributed by atoms with E-state index in [1.807, 2.05) is 25.1 Å². The first-order chi connectivity index (χ1) is 12.5. The van der Waals surface area contributed by atoms with Gasteiger partial charge in [0.1, 0.15) is 0 Å². The van der Waals surface area contributed by atoms with Gasteiger partial charge in [0.2, 0.25) is 5.91 Å². The molecule has 0 saturated heterocycles. The standard InChI is InChI=1S/C19H17Cl2N3OS/c1-12-16(10-13-6-3-2-4-7-13)23-19(22-12)26-11-17(25)24-18-14(20)8-5-9-15(18)21/h2-9H,10-11H2,1H3,(H,22,23)(H,24,25). The Morgan fingerprint density at radius 3 is 2.50 bits per heavy atom. The third kappa shape index (κ3) is 4.81. The Morgan fingerprint density at radius 1 is 1.12 bits per heavy atom. The highest BCUT2D eigenvalue weighted by molar-refractivity contribution is 7.99. The molecule has 26 heavy (non-hydrogen) atoms. The van der Waals surface area contributed by atoms with E-state index >= 15 is 0 Å². The molecule has 0 atom stereocenters. The fourth-order valence-corrected chi connectivity index (χ4v) is 3.66. The van der Waals surface area contributed by atoms with Gasteiger partial charge in [0.15, 0.2) is 5.16 Å². The molecule has 0 fully saturated rings. The monoisotopic (exact) mass is 405 g/mol. The summed E-state index contributed by atoms with van der Waals surface area (Å²) < 4.78 is 0. The van der Waals surface area contributed by atoms with Crippen LogP contribution < -0.4 is 5.32 Å². The Balaban J connectivity index is 1.60. The number of aryl methyl sites for hydroxylation is 1. The van der Waals surface area contributed by atoms with Gasteiger partial charge in [-0.15, -0.1) is 0 Å². The lowest BCUT2D eigenvalue weighted by Crippen LogP contribution is -2.14. The number of nitrogens with zero attached hydrogens (tertiary/aromatic N) is 1. The van der Waals surface area contributed by atoms with Crippen molar-refractivity contribution in [2.45, 2.75) is 18.5 Å². The van der Waals surface area contributed by atoms with Gasteiger partial charge in [0, 0.05) is 12.1 Å². The van der Waals surface area contributed by atoms with E-state index in [9.17, 15) is 4.79 Å². The van der Waals surface area contributed by atoms with Gasteiger partial charge in [-0.3, -0.25) is 4.79 Å². The summed E-state index contributed by atoms with van der Waals surface area (Å²) in [7, 11) is 0. The number of nitrogens with one attached hydrogen (secondary N) is 2. The lowest BCUT2D eigenvalue weighted by molar-refractivity contribution is -0.113. The van der Waals surface area contributed by atoms with E-state index in [-0.39, 0.29) is 11.7 Å². The van der Waals surface area contributed by atoms with Crippen molar-refractivity contribution < 1.29 is 4.79 Å². The fraction of sp³-hybridized carbons (Fsp3) is 0.158. The van der Waals surface area contributed by atoms with Crippen molar-refractivity contribution in [3.05, 3.63) is 75.5 Å². The second-order valence-electron chi connectivity index (χ2n) is 5.71. The van der Waals surface area contributed by atoms with Gasteiger partial charge in [-0.25, -0.2) is 4.98 Å².